The molecule has 1 fully saturated rings. The van der Waals surface area contributed by atoms with Gasteiger partial charge in [-0.15, -0.1) is 11.3 Å². The molecule has 0 saturated carbocycles. The molecule has 1 atom stereocenters. The van der Waals surface area contributed by atoms with Crippen LogP contribution in [0.5, 0.6) is 0 Å². The van der Waals surface area contributed by atoms with Gasteiger partial charge in [0.2, 0.25) is 0 Å². The van der Waals surface area contributed by atoms with Crippen molar-refractivity contribution in [3.63, 3.8) is 0 Å². The molecule has 3 heterocycles. The van der Waals surface area contributed by atoms with E-state index >= 15 is 0 Å². The zero-order chi connectivity index (χ0) is 15.0. The number of hydrogen-bond donors (Lipinski definition) is 0. The van der Waals surface area contributed by atoms with Gasteiger partial charge in [-0.2, -0.15) is 0 Å². The number of piperidine rings is 1. The summed E-state index contributed by atoms with van der Waals surface area (Å²) < 4.78 is 2.18. The van der Waals surface area contributed by atoms with Crippen LogP contribution in [0.15, 0.2) is 12.4 Å². The molecular weight excluding hydrogens is 284 g/mol. The van der Waals surface area contributed by atoms with E-state index in [0.717, 1.165) is 47.3 Å². The van der Waals surface area contributed by atoms with E-state index in [0.29, 0.717) is 6.04 Å². The number of aromatic nitrogens is 3. The van der Waals surface area contributed by atoms with Crippen LogP contribution in [-0.2, 0) is 0 Å². The molecule has 0 spiro atoms. The highest BCUT2D eigenvalue weighted by Gasteiger charge is 2.28. The smallest absolute Gasteiger partial charge is 0.265 e. The van der Waals surface area contributed by atoms with Crippen molar-refractivity contribution in [1.29, 1.82) is 0 Å². The van der Waals surface area contributed by atoms with Gasteiger partial charge in [-0.05, 0) is 33.6 Å². The SMILES string of the molecule is Cc1nc(C)c(C(=O)N2CCC[C@H](n3ccnc3C)C2)s1. The fourth-order valence-electron chi connectivity index (χ4n) is 3.01. The summed E-state index contributed by atoms with van der Waals surface area (Å²) in [6, 6.07) is 0.333. The minimum absolute atomic E-state index is 0.126. The molecule has 21 heavy (non-hydrogen) atoms. The predicted octanol–water partition coefficient (Wildman–Crippen LogP) is 2.74. The van der Waals surface area contributed by atoms with E-state index in [1.54, 1.807) is 0 Å². The average Bonchev–Trinajstić information content (AvgIpc) is 3.03. The lowest BCUT2D eigenvalue weighted by atomic mass is 10.0. The highest BCUT2D eigenvalue weighted by molar-refractivity contribution is 7.13. The van der Waals surface area contributed by atoms with Gasteiger partial charge in [0.25, 0.3) is 5.91 Å². The molecule has 0 radical (unpaired) electrons. The molecule has 112 valence electrons. The Labute approximate surface area is 128 Å². The third kappa shape index (κ3) is 2.72. The van der Waals surface area contributed by atoms with Gasteiger partial charge in [0.15, 0.2) is 0 Å². The Balaban J connectivity index is 1.79. The molecule has 0 N–H and O–H groups in total. The summed E-state index contributed by atoms with van der Waals surface area (Å²) in [6.07, 6.45) is 5.97. The van der Waals surface area contributed by atoms with Gasteiger partial charge in [0.1, 0.15) is 10.7 Å². The molecule has 1 aliphatic rings. The lowest BCUT2D eigenvalue weighted by Crippen LogP contribution is -2.40. The standard InChI is InChI=1S/C15H20N4OS/c1-10-14(21-12(3)17-10)15(20)18-7-4-5-13(9-18)19-8-6-16-11(19)2/h6,8,13H,4-5,7,9H2,1-3H3/t13-/m0/s1. The maximum atomic E-state index is 12.7. The van der Waals surface area contributed by atoms with Gasteiger partial charge in [-0.3, -0.25) is 4.79 Å². The molecule has 0 aromatic carbocycles. The number of amides is 1. The number of rotatable bonds is 2. The number of carbonyl (C=O) groups is 1. The van der Waals surface area contributed by atoms with Crippen molar-refractivity contribution in [1.82, 2.24) is 19.4 Å². The van der Waals surface area contributed by atoms with Gasteiger partial charge in [0.05, 0.1) is 16.7 Å². The minimum atomic E-state index is 0.126. The van der Waals surface area contributed by atoms with Crippen molar-refractivity contribution >= 4 is 17.2 Å². The molecule has 1 aliphatic heterocycles. The van der Waals surface area contributed by atoms with E-state index in [4.69, 9.17) is 0 Å². The van der Waals surface area contributed by atoms with E-state index in [2.05, 4.69) is 14.5 Å². The zero-order valence-electron chi connectivity index (χ0n) is 12.7. The fourth-order valence-corrected chi connectivity index (χ4v) is 3.90. The van der Waals surface area contributed by atoms with Crippen molar-refractivity contribution in [3.8, 4) is 0 Å². The Morgan fingerprint density at radius 1 is 1.38 bits per heavy atom. The Hall–Kier alpha value is -1.69. The molecule has 0 bridgehead atoms. The van der Waals surface area contributed by atoms with E-state index < -0.39 is 0 Å². The second-order valence-electron chi connectivity index (χ2n) is 5.58. The molecule has 1 amide bonds. The first-order valence-corrected chi connectivity index (χ1v) is 8.10. The first kappa shape index (κ1) is 14.3. The second-order valence-corrected chi connectivity index (χ2v) is 6.78. The van der Waals surface area contributed by atoms with E-state index in [-0.39, 0.29) is 5.91 Å². The van der Waals surface area contributed by atoms with Crippen LogP contribution in [-0.4, -0.2) is 38.4 Å². The van der Waals surface area contributed by atoms with Crippen LogP contribution in [0.2, 0.25) is 0 Å². The third-order valence-corrected chi connectivity index (χ3v) is 5.10. The van der Waals surface area contributed by atoms with Crippen LogP contribution in [0, 0.1) is 20.8 Å². The average molecular weight is 304 g/mol. The van der Waals surface area contributed by atoms with Gasteiger partial charge in [-0.1, -0.05) is 0 Å². The zero-order valence-corrected chi connectivity index (χ0v) is 13.5. The highest BCUT2D eigenvalue weighted by atomic mass is 32.1. The number of likely N-dealkylation sites (tertiary alicyclic amines) is 1. The molecule has 1 saturated heterocycles. The predicted molar refractivity (Wildman–Crippen MR) is 82.7 cm³/mol. The number of nitrogens with zero attached hydrogens (tertiary/aromatic N) is 4. The van der Waals surface area contributed by atoms with E-state index in [1.165, 1.54) is 11.3 Å². The van der Waals surface area contributed by atoms with Gasteiger partial charge >= 0.3 is 0 Å². The first-order valence-electron chi connectivity index (χ1n) is 7.29. The highest BCUT2D eigenvalue weighted by Crippen LogP contribution is 2.26. The summed E-state index contributed by atoms with van der Waals surface area (Å²) in [4.78, 5) is 24.1. The number of hydrogen-bond acceptors (Lipinski definition) is 4. The number of carbonyl (C=O) groups excluding carboxylic acids is 1. The van der Waals surface area contributed by atoms with Crippen LogP contribution in [0.25, 0.3) is 0 Å². The Kier molecular flexibility index (Phi) is 3.80. The van der Waals surface area contributed by atoms with Gasteiger partial charge in [-0.25, -0.2) is 9.97 Å². The molecule has 5 nitrogen and oxygen atoms in total. The van der Waals surface area contributed by atoms with Crippen molar-refractivity contribution in [2.24, 2.45) is 0 Å². The minimum Gasteiger partial charge on any atom is -0.336 e. The molecule has 3 rings (SSSR count). The Bertz CT molecular complexity index is 660. The van der Waals surface area contributed by atoms with Crippen molar-refractivity contribution in [2.75, 3.05) is 13.1 Å². The molecule has 0 aliphatic carbocycles. The van der Waals surface area contributed by atoms with Crippen molar-refractivity contribution in [3.05, 3.63) is 33.8 Å². The fraction of sp³-hybridized carbons (Fsp3) is 0.533. The van der Waals surface area contributed by atoms with Crippen LogP contribution in [0.3, 0.4) is 0 Å². The molecule has 6 heteroatoms. The lowest BCUT2D eigenvalue weighted by Gasteiger charge is -2.33. The van der Waals surface area contributed by atoms with Crippen molar-refractivity contribution < 1.29 is 4.79 Å². The summed E-state index contributed by atoms with van der Waals surface area (Å²) >= 11 is 1.50. The maximum absolute atomic E-state index is 12.7. The maximum Gasteiger partial charge on any atom is 0.265 e. The third-order valence-electron chi connectivity index (χ3n) is 4.04. The summed E-state index contributed by atoms with van der Waals surface area (Å²) in [5.41, 5.74) is 0.850. The molecule has 2 aromatic heterocycles. The number of imidazole rings is 1. The molecular formula is C15H20N4OS. The van der Waals surface area contributed by atoms with Crippen LogP contribution in [0.1, 0.15) is 45.1 Å². The molecule has 2 aromatic rings. The van der Waals surface area contributed by atoms with Gasteiger partial charge in [0, 0.05) is 25.5 Å². The lowest BCUT2D eigenvalue weighted by molar-refractivity contribution is 0.0682. The van der Waals surface area contributed by atoms with Gasteiger partial charge < -0.3 is 9.47 Å². The van der Waals surface area contributed by atoms with E-state index in [9.17, 15) is 4.79 Å². The summed E-state index contributed by atoms with van der Waals surface area (Å²) in [6.45, 7) is 7.46. The topological polar surface area (TPSA) is 51.0 Å². The molecule has 0 unspecified atom stereocenters. The van der Waals surface area contributed by atoms with E-state index in [1.807, 2.05) is 38.1 Å². The Morgan fingerprint density at radius 3 is 2.81 bits per heavy atom. The number of thiazole rings is 1. The largest absolute Gasteiger partial charge is 0.336 e. The second kappa shape index (κ2) is 5.60. The number of aryl methyl sites for hydroxylation is 3. The summed E-state index contributed by atoms with van der Waals surface area (Å²) in [5.74, 6) is 1.14. The summed E-state index contributed by atoms with van der Waals surface area (Å²) in [5, 5.41) is 0.954. The van der Waals surface area contributed by atoms with Crippen molar-refractivity contribution in [2.45, 2.75) is 39.7 Å². The van der Waals surface area contributed by atoms with Crippen LogP contribution in [0.4, 0.5) is 0 Å². The Morgan fingerprint density at radius 2 is 2.19 bits per heavy atom. The monoisotopic (exact) mass is 304 g/mol. The quantitative estimate of drug-likeness (QED) is 0.857. The first-order chi connectivity index (χ1) is 10.1. The van der Waals surface area contributed by atoms with Crippen LogP contribution >= 0.6 is 11.3 Å². The van der Waals surface area contributed by atoms with Crippen LogP contribution < -0.4 is 0 Å². The normalized spacial score (nSPS) is 19.0. The summed E-state index contributed by atoms with van der Waals surface area (Å²) in [7, 11) is 0.